The zero-order chi connectivity index (χ0) is 16.7. The Morgan fingerprint density at radius 1 is 1.17 bits per heavy atom. The molecule has 122 valence electrons. The van der Waals surface area contributed by atoms with Gasteiger partial charge in [-0.25, -0.2) is 4.79 Å². The fourth-order valence-electron chi connectivity index (χ4n) is 2.28. The van der Waals surface area contributed by atoms with Crippen LogP contribution in [0.4, 0.5) is 10.5 Å². The second kappa shape index (κ2) is 8.59. The van der Waals surface area contributed by atoms with Gasteiger partial charge in [0.2, 0.25) is 0 Å². The molecule has 0 spiro atoms. The van der Waals surface area contributed by atoms with Gasteiger partial charge in [0.05, 0.1) is 0 Å². The third-order valence-corrected chi connectivity index (χ3v) is 4.12. The van der Waals surface area contributed by atoms with Gasteiger partial charge >= 0.3 is 6.03 Å². The van der Waals surface area contributed by atoms with E-state index in [2.05, 4.69) is 12.2 Å². The molecule has 0 saturated carbocycles. The molecule has 0 fully saturated rings. The molecule has 2 aromatic rings. The average molecular weight is 331 g/mol. The Labute approximate surface area is 143 Å². The third kappa shape index (κ3) is 5.29. The van der Waals surface area contributed by atoms with Gasteiger partial charge < -0.3 is 10.2 Å². The number of nitrogens with zero attached hydrogens (tertiary/aromatic N) is 1. The number of hydrogen-bond acceptors (Lipinski definition) is 1. The highest BCUT2D eigenvalue weighted by atomic mass is 35.5. The van der Waals surface area contributed by atoms with Crippen molar-refractivity contribution in [2.75, 3.05) is 11.9 Å². The minimum atomic E-state index is -0.0952. The topological polar surface area (TPSA) is 32.3 Å². The van der Waals surface area contributed by atoms with Crippen molar-refractivity contribution in [1.82, 2.24) is 4.90 Å². The van der Waals surface area contributed by atoms with Crippen LogP contribution in [0.3, 0.4) is 0 Å². The Bertz CT molecular complexity index is 643. The van der Waals surface area contributed by atoms with Crippen molar-refractivity contribution in [1.29, 1.82) is 0 Å². The van der Waals surface area contributed by atoms with Gasteiger partial charge in [-0.2, -0.15) is 0 Å². The maximum Gasteiger partial charge on any atom is 0.322 e. The number of unbranched alkanes of at least 4 members (excludes halogenated alkanes) is 1. The van der Waals surface area contributed by atoms with Crippen LogP contribution in [0.15, 0.2) is 48.5 Å². The van der Waals surface area contributed by atoms with E-state index in [4.69, 9.17) is 11.6 Å². The lowest BCUT2D eigenvalue weighted by Crippen LogP contribution is -2.35. The number of rotatable bonds is 6. The van der Waals surface area contributed by atoms with Crippen molar-refractivity contribution in [3.63, 3.8) is 0 Å². The fourth-order valence-corrected chi connectivity index (χ4v) is 2.46. The molecule has 1 N–H and O–H groups in total. The number of halogens is 1. The summed E-state index contributed by atoms with van der Waals surface area (Å²) in [5, 5.41) is 3.60. The number of anilines is 1. The average Bonchev–Trinajstić information content (AvgIpc) is 2.55. The lowest BCUT2D eigenvalue weighted by molar-refractivity contribution is 0.208. The summed E-state index contributed by atoms with van der Waals surface area (Å²) in [5.74, 6) is 0. The molecule has 2 aromatic carbocycles. The Hall–Kier alpha value is -2.00. The normalized spacial score (nSPS) is 10.4. The molecule has 2 rings (SSSR count). The molecule has 0 heterocycles. The molecular formula is C19H23ClN2O. The van der Waals surface area contributed by atoms with E-state index in [1.807, 2.05) is 54.3 Å². The Kier molecular flexibility index (Phi) is 6.48. The fraction of sp³-hybridized carbons (Fsp3) is 0.316. The van der Waals surface area contributed by atoms with Gasteiger partial charge in [-0.05, 0) is 36.6 Å². The molecule has 0 aliphatic rings. The standard InChI is InChI=1S/C19H23ClN2O/c1-3-4-12-22(14-16-8-6-5-7-9-16)19(23)21-17-11-10-15(2)18(20)13-17/h5-11,13H,3-4,12,14H2,1-2H3,(H,21,23). The van der Waals surface area contributed by atoms with Crippen molar-refractivity contribution in [3.8, 4) is 0 Å². The van der Waals surface area contributed by atoms with Crippen LogP contribution >= 0.6 is 11.6 Å². The molecule has 4 heteroatoms. The van der Waals surface area contributed by atoms with Gasteiger partial charge in [-0.1, -0.05) is 61.3 Å². The Balaban J connectivity index is 2.07. The summed E-state index contributed by atoms with van der Waals surface area (Å²) in [5.41, 5.74) is 2.85. The van der Waals surface area contributed by atoms with E-state index in [0.29, 0.717) is 11.6 Å². The van der Waals surface area contributed by atoms with Crippen LogP contribution in [0, 0.1) is 6.92 Å². The number of hydrogen-bond donors (Lipinski definition) is 1. The zero-order valence-corrected chi connectivity index (χ0v) is 14.4. The summed E-state index contributed by atoms with van der Waals surface area (Å²) < 4.78 is 0. The molecule has 0 saturated heterocycles. The third-order valence-electron chi connectivity index (χ3n) is 3.71. The summed E-state index contributed by atoms with van der Waals surface area (Å²) in [6, 6.07) is 15.5. The van der Waals surface area contributed by atoms with Crippen LogP contribution < -0.4 is 5.32 Å². The first kappa shape index (κ1) is 17.4. The van der Waals surface area contributed by atoms with Crippen molar-refractivity contribution in [3.05, 3.63) is 64.7 Å². The molecule has 0 aromatic heterocycles. The molecule has 0 aliphatic heterocycles. The molecule has 0 aliphatic carbocycles. The highest BCUT2D eigenvalue weighted by Crippen LogP contribution is 2.20. The Morgan fingerprint density at radius 3 is 2.57 bits per heavy atom. The van der Waals surface area contributed by atoms with E-state index in [-0.39, 0.29) is 6.03 Å². The minimum absolute atomic E-state index is 0.0952. The van der Waals surface area contributed by atoms with Crippen LogP contribution in [0.5, 0.6) is 0 Å². The smallest absolute Gasteiger partial charge is 0.320 e. The van der Waals surface area contributed by atoms with Gasteiger partial charge in [-0.15, -0.1) is 0 Å². The van der Waals surface area contributed by atoms with E-state index in [1.165, 1.54) is 0 Å². The van der Waals surface area contributed by atoms with Crippen LogP contribution in [-0.2, 0) is 6.54 Å². The van der Waals surface area contributed by atoms with E-state index in [0.717, 1.165) is 36.2 Å². The molecule has 0 atom stereocenters. The first-order chi connectivity index (χ1) is 11.1. The van der Waals surface area contributed by atoms with E-state index >= 15 is 0 Å². The van der Waals surface area contributed by atoms with Gasteiger partial charge in [0.25, 0.3) is 0 Å². The van der Waals surface area contributed by atoms with Crippen LogP contribution in [0.2, 0.25) is 5.02 Å². The van der Waals surface area contributed by atoms with Gasteiger partial charge in [0.1, 0.15) is 0 Å². The van der Waals surface area contributed by atoms with Crippen LogP contribution in [0.25, 0.3) is 0 Å². The predicted octanol–water partition coefficient (Wildman–Crippen LogP) is 5.48. The summed E-state index contributed by atoms with van der Waals surface area (Å²) in [6.45, 7) is 5.40. The van der Waals surface area contributed by atoms with E-state index < -0.39 is 0 Å². The maximum atomic E-state index is 12.6. The van der Waals surface area contributed by atoms with Gasteiger partial charge in [0.15, 0.2) is 0 Å². The van der Waals surface area contributed by atoms with Crippen molar-refractivity contribution >= 4 is 23.3 Å². The van der Waals surface area contributed by atoms with Crippen molar-refractivity contribution < 1.29 is 4.79 Å². The summed E-state index contributed by atoms with van der Waals surface area (Å²) in [6.07, 6.45) is 2.03. The minimum Gasteiger partial charge on any atom is -0.320 e. The summed E-state index contributed by atoms with van der Waals surface area (Å²) in [7, 11) is 0. The van der Waals surface area contributed by atoms with Gasteiger partial charge in [0, 0.05) is 23.8 Å². The second-order valence-corrected chi connectivity index (χ2v) is 6.06. The quantitative estimate of drug-likeness (QED) is 0.747. The summed E-state index contributed by atoms with van der Waals surface area (Å²) in [4.78, 5) is 14.4. The maximum absolute atomic E-state index is 12.6. The van der Waals surface area contributed by atoms with Gasteiger partial charge in [-0.3, -0.25) is 0 Å². The largest absolute Gasteiger partial charge is 0.322 e. The molecule has 3 nitrogen and oxygen atoms in total. The molecule has 0 bridgehead atoms. The number of benzene rings is 2. The molecule has 23 heavy (non-hydrogen) atoms. The van der Waals surface area contributed by atoms with Crippen molar-refractivity contribution in [2.24, 2.45) is 0 Å². The number of amides is 2. The monoisotopic (exact) mass is 330 g/mol. The number of carbonyl (C=O) groups excluding carboxylic acids is 1. The number of nitrogens with one attached hydrogen (secondary N) is 1. The SMILES string of the molecule is CCCCN(Cc1ccccc1)C(=O)Nc1ccc(C)c(Cl)c1. The molecule has 2 amide bonds. The van der Waals surface area contributed by atoms with Crippen LogP contribution in [0.1, 0.15) is 30.9 Å². The van der Waals surface area contributed by atoms with Crippen molar-refractivity contribution in [2.45, 2.75) is 33.2 Å². The molecule has 0 radical (unpaired) electrons. The first-order valence-corrected chi connectivity index (χ1v) is 8.34. The number of urea groups is 1. The second-order valence-electron chi connectivity index (χ2n) is 5.65. The molecular weight excluding hydrogens is 308 g/mol. The number of carbonyl (C=O) groups is 1. The molecule has 0 unspecified atom stereocenters. The predicted molar refractivity (Wildman–Crippen MR) is 97.0 cm³/mol. The summed E-state index contributed by atoms with van der Waals surface area (Å²) >= 11 is 6.13. The number of aryl methyl sites for hydroxylation is 1. The van der Waals surface area contributed by atoms with E-state index in [1.54, 1.807) is 6.07 Å². The highest BCUT2D eigenvalue weighted by molar-refractivity contribution is 6.31. The Morgan fingerprint density at radius 2 is 1.91 bits per heavy atom. The van der Waals surface area contributed by atoms with E-state index in [9.17, 15) is 4.79 Å². The highest BCUT2D eigenvalue weighted by Gasteiger charge is 2.14. The van der Waals surface area contributed by atoms with Crippen LogP contribution in [-0.4, -0.2) is 17.5 Å². The first-order valence-electron chi connectivity index (χ1n) is 7.96. The lowest BCUT2D eigenvalue weighted by atomic mass is 10.2. The zero-order valence-electron chi connectivity index (χ0n) is 13.7. The lowest BCUT2D eigenvalue weighted by Gasteiger charge is -2.23.